The highest BCUT2D eigenvalue weighted by Gasteiger charge is 2.17. The van der Waals surface area contributed by atoms with Gasteiger partial charge in [0.15, 0.2) is 0 Å². The van der Waals surface area contributed by atoms with E-state index in [1.165, 1.54) is 50.7 Å². The van der Waals surface area contributed by atoms with Crippen LogP contribution < -0.4 is 0 Å². The monoisotopic (exact) mass is 171 g/mol. The fraction of sp³-hybridized carbons (Fsp3) is 0.900. The average Bonchev–Trinajstić information content (AvgIpc) is 1.93. The van der Waals surface area contributed by atoms with Crippen LogP contribution in [-0.4, -0.2) is 5.75 Å². The van der Waals surface area contributed by atoms with Crippen molar-refractivity contribution < 1.29 is 0 Å². The lowest BCUT2D eigenvalue weighted by Crippen LogP contribution is -2.04. The molecule has 11 heavy (non-hydrogen) atoms. The summed E-state index contributed by atoms with van der Waals surface area (Å²) >= 11 is 2.13. The van der Waals surface area contributed by atoms with Crippen molar-refractivity contribution in [2.75, 3.05) is 5.75 Å². The first-order valence-corrected chi connectivity index (χ1v) is 5.89. The molecule has 1 aliphatic rings. The molecule has 65 valence electrons. The zero-order valence-electron chi connectivity index (χ0n) is 7.57. The van der Waals surface area contributed by atoms with Crippen molar-refractivity contribution in [3.8, 4) is 0 Å². The molecule has 0 nitrogen and oxygen atoms in total. The average molecular weight is 171 g/mol. The minimum Gasteiger partial charge on any atom is -0.154 e. The second kappa shape index (κ2) is 5.93. The predicted octanol–water partition coefficient (Wildman–Crippen LogP) is 4.02. The third-order valence-corrected chi connectivity index (χ3v) is 3.52. The summed E-state index contributed by atoms with van der Waals surface area (Å²) in [5.74, 6) is 1.38. The fourth-order valence-electron chi connectivity index (χ4n) is 1.21. The van der Waals surface area contributed by atoms with Crippen molar-refractivity contribution in [3.05, 3.63) is 5.25 Å². The van der Waals surface area contributed by atoms with Gasteiger partial charge in [-0.05, 0) is 25.0 Å². The van der Waals surface area contributed by atoms with E-state index in [1.807, 2.05) is 0 Å². The van der Waals surface area contributed by atoms with Crippen LogP contribution in [0.25, 0.3) is 0 Å². The Balaban J connectivity index is 1.73. The Labute approximate surface area is 75.1 Å². The van der Waals surface area contributed by atoms with Crippen LogP contribution in [-0.2, 0) is 0 Å². The summed E-state index contributed by atoms with van der Waals surface area (Å²) in [5.41, 5.74) is 0. The molecule has 1 radical (unpaired) electrons. The summed E-state index contributed by atoms with van der Waals surface area (Å²) in [6, 6.07) is 0. The topological polar surface area (TPSA) is 0 Å². The van der Waals surface area contributed by atoms with Crippen molar-refractivity contribution in [1.29, 1.82) is 0 Å². The second-order valence-electron chi connectivity index (χ2n) is 3.30. The van der Waals surface area contributed by atoms with Gasteiger partial charge in [0.2, 0.25) is 0 Å². The third kappa shape index (κ3) is 4.05. The van der Waals surface area contributed by atoms with Gasteiger partial charge >= 0.3 is 0 Å². The van der Waals surface area contributed by atoms with Crippen LogP contribution in [0.1, 0.15) is 51.9 Å². The molecule has 0 atom stereocenters. The van der Waals surface area contributed by atoms with Crippen molar-refractivity contribution in [1.82, 2.24) is 0 Å². The predicted molar refractivity (Wildman–Crippen MR) is 53.7 cm³/mol. The van der Waals surface area contributed by atoms with Crippen LogP contribution in [0.3, 0.4) is 0 Å². The molecule has 1 aliphatic carbocycles. The normalized spacial score (nSPS) is 18.3. The first-order chi connectivity index (χ1) is 5.43. The number of unbranched alkanes of at least 4 members (excludes halogenated alkanes) is 3. The summed E-state index contributed by atoms with van der Waals surface area (Å²) < 4.78 is 0. The Kier molecular flexibility index (Phi) is 5.09. The number of hydrogen-bond acceptors (Lipinski definition) is 1. The molecule has 0 heterocycles. The van der Waals surface area contributed by atoms with E-state index >= 15 is 0 Å². The van der Waals surface area contributed by atoms with E-state index in [2.05, 4.69) is 18.7 Å². The Bertz CT molecular complexity index is 86.9. The molecule has 0 amide bonds. The highest BCUT2D eigenvalue weighted by Crippen LogP contribution is 2.39. The van der Waals surface area contributed by atoms with Crippen LogP contribution in [0.15, 0.2) is 0 Å². The van der Waals surface area contributed by atoms with Crippen molar-refractivity contribution in [2.24, 2.45) is 0 Å². The maximum atomic E-state index is 2.27. The smallest absolute Gasteiger partial charge is 0.0306 e. The molecule has 0 aromatic rings. The molecule has 0 unspecified atom stereocenters. The van der Waals surface area contributed by atoms with Crippen molar-refractivity contribution >= 4 is 11.8 Å². The molecular formula is C10H19S. The first-order valence-electron chi connectivity index (χ1n) is 4.91. The molecule has 0 aromatic heterocycles. The zero-order chi connectivity index (χ0) is 7.94. The second-order valence-corrected chi connectivity index (χ2v) is 4.58. The maximum absolute atomic E-state index is 2.27. The van der Waals surface area contributed by atoms with Gasteiger partial charge in [-0.25, -0.2) is 0 Å². The summed E-state index contributed by atoms with van der Waals surface area (Å²) in [6.45, 7) is 2.27. The molecule has 0 saturated heterocycles. The summed E-state index contributed by atoms with van der Waals surface area (Å²) in [7, 11) is 0. The van der Waals surface area contributed by atoms with E-state index in [9.17, 15) is 0 Å². The Morgan fingerprint density at radius 1 is 1.18 bits per heavy atom. The van der Waals surface area contributed by atoms with Crippen molar-refractivity contribution in [3.63, 3.8) is 0 Å². The molecule has 1 fully saturated rings. The zero-order valence-corrected chi connectivity index (χ0v) is 8.38. The molecule has 0 aliphatic heterocycles. The lowest BCUT2D eigenvalue weighted by atomic mass is 10.0. The molecule has 1 saturated carbocycles. The van der Waals surface area contributed by atoms with Gasteiger partial charge in [-0.3, -0.25) is 0 Å². The van der Waals surface area contributed by atoms with E-state index < -0.39 is 0 Å². The minimum absolute atomic E-state index is 1.36. The Morgan fingerprint density at radius 2 is 2.00 bits per heavy atom. The third-order valence-electron chi connectivity index (χ3n) is 2.22. The van der Waals surface area contributed by atoms with Gasteiger partial charge in [-0.15, -0.1) is 0 Å². The summed E-state index contributed by atoms with van der Waals surface area (Å²) in [6.07, 6.45) is 9.95. The summed E-state index contributed by atoms with van der Waals surface area (Å²) in [5, 5.41) is 1.77. The summed E-state index contributed by atoms with van der Waals surface area (Å²) in [4.78, 5) is 0. The van der Waals surface area contributed by atoms with Crippen LogP contribution in [0, 0.1) is 5.25 Å². The molecule has 1 heteroatoms. The standard InChI is InChI=1S/C10H19S/c1-2-3-4-5-9-11-10-7-6-8-10/h2-9H2,1H3. The van der Waals surface area contributed by atoms with Gasteiger partial charge in [-0.2, -0.15) is 11.8 Å². The first kappa shape index (κ1) is 9.44. The van der Waals surface area contributed by atoms with Gasteiger partial charge in [0, 0.05) is 5.25 Å². The molecule has 0 spiro atoms. The Morgan fingerprint density at radius 3 is 2.55 bits per heavy atom. The van der Waals surface area contributed by atoms with Gasteiger partial charge in [-0.1, -0.05) is 32.6 Å². The van der Waals surface area contributed by atoms with E-state index in [0.29, 0.717) is 0 Å². The van der Waals surface area contributed by atoms with E-state index in [1.54, 1.807) is 5.25 Å². The SMILES string of the molecule is CCCCCCS[C]1CCC1. The Hall–Kier alpha value is 0.350. The highest BCUT2D eigenvalue weighted by atomic mass is 32.2. The highest BCUT2D eigenvalue weighted by molar-refractivity contribution is 8.02. The van der Waals surface area contributed by atoms with Gasteiger partial charge < -0.3 is 0 Å². The van der Waals surface area contributed by atoms with Crippen LogP contribution in [0.4, 0.5) is 0 Å². The van der Waals surface area contributed by atoms with Gasteiger partial charge in [0.1, 0.15) is 0 Å². The fourth-order valence-corrected chi connectivity index (χ4v) is 2.43. The molecule has 0 aromatic carbocycles. The lowest BCUT2D eigenvalue weighted by molar-refractivity contribution is 0.624. The number of rotatable bonds is 6. The molecule has 1 rings (SSSR count). The van der Waals surface area contributed by atoms with E-state index in [4.69, 9.17) is 0 Å². The largest absolute Gasteiger partial charge is 0.154 e. The van der Waals surface area contributed by atoms with Crippen LogP contribution >= 0.6 is 11.8 Å². The van der Waals surface area contributed by atoms with E-state index in [-0.39, 0.29) is 0 Å². The van der Waals surface area contributed by atoms with Crippen LogP contribution in [0.5, 0.6) is 0 Å². The quantitative estimate of drug-likeness (QED) is 0.544. The molecule has 0 bridgehead atoms. The van der Waals surface area contributed by atoms with E-state index in [0.717, 1.165) is 0 Å². The maximum Gasteiger partial charge on any atom is 0.0306 e. The van der Waals surface area contributed by atoms with Gasteiger partial charge in [0.05, 0.1) is 0 Å². The molecular weight excluding hydrogens is 152 g/mol. The number of thioether (sulfide) groups is 1. The van der Waals surface area contributed by atoms with Crippen LogP contribution in [0.2, 0.25) is 0 Å². The van der Waals surface area contributed by atoms with Crippen molar-refractivity contribution in [2.45, 2.75) is 51.9 Å². The minimum atomic E-state index is 1.36. The lowest BCUT2D eigenvalue weighted by Gasteiger charge is -2.23. The van der Waals surface area contributed by atoms with Gasteiger partial charge in [0.25, 0.3) is 0 Å². The molecule has 0 N–H and O–H groups in total. The number of hydrogen-bond donors (Lipinski definition) is 0.